The van der Waals surface area contributed by atoms with E-state index in [9.17, 15) is 33.6 Å². The number of alkyl carbamates (subject to hydrolysis) is 1. The summed E-state index contributed by atoms with van der Waals surface area (Å²) in [4.78, 5) is 98.1. The van der Waals surface area contributed by atoms with Gasteiger partial charge in [0, 0.05) is 20.6 Å². The molecule has 14 heteroatoms. The molecule has 0 unspecified atom stereocenters. The Morgan fingerprint density at radius 2 is 1.54 bits per heavy atom. The monoisotopic (exact) mass is 780 g/mol. The maximum absolute atomic E-state index is 14.6. The summed E-state index contributed by atoms with van der Waals surface area (Å²) in [6, 6.07) is 4.59. The Bertz CT molecular complexity index is 1620. The summed E-state index contributed by atoms with van der Waals surface area (Å²) in [7, 11) is 3.14. The standard InChI is InChI=1S/C42H64N6O8/c1-40(2,3)56-39(55)46-34-38(54)48-25-27-30(42(27,6)7)32(48)35(51)44-28(22-18-13-11-10-12-14-19-23-41(34,4)5)33(50)36(52)43-24-29(49)45-31(37(53)47(8)9)26-20-16-15-17-21-26/h15-17,20-21,27-28,30-32,34H,10-14,18-19,22-25H2,1-9H3,(H,43,52)(H,44,51)(H,45,49)(H,46,55)/t27-,28-,30-,31-,32-,34+/m0/s1. The summed E-state index contributed by atoms with van der Waals surface area (Å²) in [6.07, 6.45) is 6.20. The molecule has 310 valence electrons. The van der Waals surface area contributed by atoms with Crippen LogP contribution in [0.5, 0.6) is 0 Å². The number of ether oxygens (including phenoxy) is 1. The fraction of sp³-hybridized carbons (Fsp3) is 0.690. The number of hydrogen-bond acceptors (Lipinski definition) is 8. The van der Waals surface area contributed by atoms with Crippen molar-refractivity contribution >= 4 is 41.4 Å². The predicted octanol–water partition coefficient (Wildman–Crippen LogP) is 4.03. The zero-order chi connectivity index (χ0) is 41.6. The molecule has 6 amide bonds. The topological polar surface area (TPSA) is 183 Å². The number of likely N-dealkylation sites (N-methyl/N-ethyl adjacent to an activating group) is 1. The molecule has 1 aliphatic carbocycles. The summed E-state index contributed by atoms with van der Waals surface area (Å²) < 4.78 is 5.57. The molecule has 2 heterocycles. The lowest BCUT2D eigenvalue weighted by atomic mass is 9.78. The lowest BCUT2D eigenvalue weighted by Gasteiger charge is -2.39. The van der Waals surface area contributed by atoms with Crippen LogP contribution in [0.25, 0.3) is 0 Å². The minimum atomic E-state index is -1.20. The van der Waals surface area contributed by atoms with E-state index in [1.54, 1.807) is 70.1 Å². The third kappa shape index (κ3) is 11.1. The molecule has 4 N–H and O–H groups in total. The number of piperidine rings is 1. The lowest BCUT2D eigenvalue weighted by Crippen LogP contribution is -2.61. The third-order valence-electron chi connectivity index (χ3n) is 11.7. The van der Waals surface area contributed by atoms with Crippen molar-refractivity contribution in [2.75, 3.05) is 27.2 Å². The van der Waals surface area contributed by atoms with Gasteiger partial charge in [-0.3, -0.25) is 28.8 Å². The SMILES string of the molecule is CN(C)C(=O)[C@@H](NC(=O)CNC(=O)C(=O)[C@@H]1CCCCCCCCCC(C)(C)[C@H](NC(=O)OC(C)(C)C)C(=O)N2C[C@H]3[C@@H]([C@H]2C(=O)N1)C3(C)C)c1ccccc1. The summed E-state index contributed by atoms with van der Waals surface area (Å²) in [5.74, 6) is -4.06. The quantitative estimate of drug-likeness (QED) is 0.285. The van der Waals surface area contributed by atoms with E-state index < -0.39 is 71.3 Å². The molecular formula is C42H64N6O8. The van der Waals surface area contributed by atoms with Gasteiger partial charge < -0.3 is 35.8 Å². The van der Waals surface area contributed by atoms with Crippen LogP contribution >= 0.6 is 0 Å². The second-order valence-corrected chi connectivity index (χ2v) is 18.2. The van der Waals surface area contributed by atoms with Crippen LogP contribution in [0.15, 0.2) is 30.3 Å². The predicted molar refractivity (Wildman–Crippen MR) is 211 cm³/mol. The molecule has 1 aromatic rings. The Hall–Kier alpha value is -4.49. The van der Waals surface area contributed by atoms with Gasteiger partial charge in [0.25, 0.3) is 5.91 Å². The number of carbonyl (C=O) groups is 7. The molecule has 14 nitrogen and oxygen atoms in total. The number of benzene rings is 1. The Morgan fingerprint density at radius 1 is 0.929 bits per heavy atom. The van der Waals surface area contributed by atoms with Crippen molar-refractivity contribution in [2.45, 2.75) is 136 Å². The number of Topliss-reactive ketones (excluding diaryl/α,β-unsaturated/α-hetero) is 1. The summed E-state index contributed by atoms with van der Waals surface area (Å²) in [6.45, 7) is 13.0. The van der Waals surface area contributed by atoms with E-state index in [-0.39, 0.29) is 35.5 Å². The number of carbonyl (C=O) groups excluding carboxylic acids is 7. The van der Waals surface area contributed by atoms with Crippen molar-refractivity contribution in [1.82, 2.24) is 31.1 Å². The van der Waals surface area contributed by atoms with Gasteiger partial charge >= 0.3 is 6.09 Å². The fourth-order valence-corrected chi connectivity index (χ4v) is 8.29. The Labute approximate surface area is 332 Å². The number of nitrogens with one attached hydrogen (secondary N) is 4. The van der Waals surface area contributed by atoms with Gasteiger partial charge in [0.05, 0.1) is 12.6 Å². The molecule has 1 saturated carbocycles. The van der Waals surface area contributed by atoms with E-state index in [2.05, 4.69) is 35.1 Å². The zero-order valence-electron chi connectivity index (χ0n) is 34.8. The Kier molecular flexibility index (Phi) is 14.4. The fourth-order valence-electron chi connectivity index (χ4n) is 8.29. The van der Waals surface area contributed by atoms with E-state index in [1.807, 2.05) is 13.8 Å². The van der Waals surface area contributed by atoms with Crippen molar-refractivity contribution in [3.63, 3.8) is 0 Å². The molecule has 2 aliphatic heterocycles. The molecule has 4 rings (SSSR count). The molecule has 2 saturated heterocycles. The number of rotatable bonds is 8. The molecule has 1 aromatic carbocycles. The van der Waals surface area contributed by atoms with Crippen molar-refractivity contribution in [1.29, 1.82) is 0 Å². The van der Waals surface area contributed by atoms with E-state index >= 15 is 0 Å². The second-order valence-electron chi connectivity index (χ2n) is 18.2. The van der Waals surface area contributed by atoms with Gasteiger partial charge in [0.15, 0.2) is 0 Å². The van der Waals surface area contributed by atoms with Crippen molar-refractivity contribution in [3.8, 4) is 0 Å². The molecule has 0 radical (unpaired) electrons. The van der Waals surface area contributed by atoms with E-state index in [4.69, 9.17) is 4.74 Å². The minimum Gasteiger partial charge on any atom is -0.444 e. The van der Waals surface area contributed by atoms with Gasteiger partial charge in [-0.25, -0.2) is 4.79 Å². The van der Waals surface area contributed by atoms with Crippen LogP contribution < -0.4 is 21.3 Å². The number of amides is 6. The number of fused-ring (bicyclic) bond motifs is 3. The van der Waals surface area contributed by atoms with Crippen molar-refractivity contribution in [3.05, 3.63) is 35.9 Å². The Morgan fingerprint density at radius 3 is 2.14 bits per heavy atom. The van der Waals surface area contributed by atoms with Crippen molar-refractivity contribution < 1.29 is 38.3 Å². The smallest absolute Gasteiger partial charge is 0.408 e. The van der Waals surface area contributed by atoms with E-state index in [0.717, 1.165) is 38.5 Å². The highest BCUT2D eigenvalue weighted by molar-refractivity contribution is 6.38. The molecule has 3 aliphatic rings. The summed E-state index contributed by atoms with van der Waals surface area (Å²) in [5.41, 5.74) is -1.14. The first-order valence-corrected chi connectivity index (χ1v) is 20.1. The molecule has 0 bridgehead atoms. The Balaban J connectivity index is 1.54. The minimum absolute atomic E-state index is 0.0353. The highest BCUT2D eigenvalue weighted by atomic mass is 16.6. The number of hydrogen-bond donors (Lipinski definition) is 4. The van der Waals surface area contributed by atoms with Crippen LogP contribution in [-0.2, 0) is 33.5 Å². The van der Waals surface area contributed by atoms with Crippen LogP contribution in [0.2, 0.25) is 0 Å². The first-order valence-electron chi connectivity index (χ1n) is 20.1. The average molecular weight is 781 g/mol. The van der Waals surface area contributed by atoms with Crippen LogP contribution in [0.1, 0.15) is 118 Å². The maximum atomic E-state index is 14.6. The zero-order valence-corrected chi connectivity index (χ0v) is 34.8. The first kappa shape index (κ1) is 44.2. The highest BCUT2D eigenvalue weighted by Gasteiger charge is 2.70. The second kappa shape index (κ2) is 18.2. The van der Waals surface area contributed by atoms with Crippen LogP contribution in [-0.4, -0.2) is 102 Å². The largest absolute Gasteiger partial charge is 0.444 e. The lowest BCUT2D eigenvalue weighted by molar-refractivity contribution is -0.145. The summed E-state index contributed by atoms with van der Waals surface area (Å²) in [5, 5.41) is 10.7. The van der Waals surface area contributed by atoms with Gasteiger partial charge in [-0.15, -0.1) is 0 Å². The van der Waals surface area contributed by atoms with Gasteiger partial charge in [-0.1, -0.05) is 103 Å². The number of nitrogens with zero attached hydrogens (tertiary/aromatic N) is 2. The van der Waals surface area contributed by atoms with Crippen molar-refractivity contribution in [2.24, 2.45) is 22.7 Å². The number of ketones is 1. The molecule has 56 heavy (non-hydrogen) atoms. The summed E-state index contributed by atoms with van der Waals surface area (Å²) >= 11 is 0. The van der Waals surface area contributed by atoms with Gasteiger partial charge in [-0.05, 0) is 61.8 Å². The van der Waals surface area contributed by atoms with Crippen LogP contribution in [0.4, 0.5) is 4.79 Å². The van der Waals surface area contributed by atoms with Gasteiger partial charge in [0.2, 0.25) is 29.4 Å². The third-order valence-corrected chi connectivity index (χ3v) is 11.7. The average Bonchev–Trinajstić information content (AvgIpc) is 3.42. The molecule has 0 spiro atoms. The first-order chi connectivity index (χ1) is 26.2. The van der Waals surface area contributed by atoms with E-state index in [0.29, 0.717) is 24.9 Å². The van der Waals surface area contributed by atoms with Crippen LogP contribution in [0, 0.1) is 22.7 Å². The maximum Gasteiger partial charge on any atom is 0.408 e. The van der Waals surface area contributed by atoms with Gasteiger partial charge in [-0.2, -0.15) is 0 Å². The normalized spacial score (nSPS) is 25.9. The molecule has 0 aromatic heterocycles. The molecule has 6 atom stereocenters. The highest BCUT2D eigenvalue weighted by Crippen LogP contribution is 2.65. The van der Waals surface area contributed by atoms with E-state index in [1.165, 1.54) is 4.90 Å². The molecule has 3 fully saturated rings. The van der Waals surface area contributed by atoms with Crippen LogP contribution in [0.3, 0.4) is 0 Å². The van der Waals surface area contributed by atoms with Gasteiger partial charge in [0.1, 0.15) is 23.7 Å². The molecular weight excluding hydrogens is 716 g/mol.